The maximum absolute atomic E-state index is 7.19. The maximum atomic E-state index is 7.19. The predicted octanol–water partition coefficient (Wildman–Crippen LogP) is 11.5. The Labute approximate surface area is 320 Å². The molecule has 274 valence electrons. The van der Waals surface area contributed by atoms with Gasteiger partial charge in [0.15, 0.2) is 0 Å². The van der Waals surface area contributed by atoms with E-state index >= 15 is 0 Å². The fourth-order valence-electron chi connectivity index (χ4n) is 10.9. The average molecular weight is 731 g/mol. The summed E-state index contributed by atoms with van der Waals surface area (Å²) in [6.45, 7) is 26.2. The van der Waals surface area contributed by atoms with E-state index in [-0.39, 0.29) is 12.1 Å². The molecule has 0 N–H and O–H groups in total. The highest BCUT2D eigenvalue weighted by atomic mass is 32.3. The van der Waals surface area contributed by atoms with Gasteiger partial charge in [0.1, 0.15) is 28.3 Å². The fraction of sp³-hybridized carbons (Fsp3) is 0.333. The summed E-state index contributed by atoms with van der Waals surface area (Å²) in [4.78, 5) is 1.45. The zero-order valence-electron chi connectivity index (χ0n) is 33.6. The molecule has 54 heavy (non-hydrogen) atoms. The highest BCUT2D eigenvalue weighted by molar-refractivity contribution is 8.35. The molecule has 0 fully saturated rings. The third-order valence-electron chi connectivity index (χ3n) is 12.8. The second kappa shape index (κ2) is 11.3. The van der Waals surface area contributed by atoms with Crippen LogP contribution in [0.15, 0.2) is 88.2 Å². The van der Waals surface area contributed by atoms with Crippen LogP contribution in [0.3, 0.4) is 0 Å². The standard InChI is InChI=1S/C48H51BN2O2S/c1-26(2)54(27(3)4,28(5)6)32-23-38-45-42(24-32)53-41-21-30(8)29(7)20-35(41)49(45)44-34-17-19-40-43(33-14-12-13-15-39(33)52-40)46(34)51-37-22-31(25-48(9,10)11)16-18-36(37)50(38)47(44)51/h12-24,26-28H,25H2,1-11H3. The van der Waals surface area contributed by atoms with Gasteiger partial charge in [-0.3, -0.25) is 8.97 Å². The van der Waals surface area contributed by atoms with Gasteiger partial charge >= 0.3 is 0 Å². The van der Waals surface area contributed by atoms with E-state index in [0.717, 1.165) is 34.5 Å². The lowest BCUT2D eigenvalue weighted by Gasteiger charge is -2.52. The van der Waals surface area contributed by atoms with Crippen LogP contribution in [0.1, 0.15) is 79.0 Å². The molecule has 0 radical (unpaired) electrons. The van der Waals surface area contributed by atoms with Crippen molar-refractivity contribution in [1.29, 1.82) is 0 Å². The Hall–Kier alpha value is -4.55. The van der Waals surface area contributed by atoms with E-state index in [1.807, 2.05) is 0 Å². The molecular formula is C48H51BN2O2S. The van der Waals surface area contributed by atoms with E-state index < -0.39 is 10.0 Å². The number of imidazole rings is 1. The number of ether oxygens (including phenoxy) is 1. The molecule has 2 aliphatic heterocycles. The Balaban J connectivity index is 1.45. The van der Waals surface area contributed by atoms with Crippen LogP contribution in [0.5, 0.6) is 11.5 Å². The van der Waals surface area contributed by atoms with Gasteiger partial charge in [-0.1, -0.05) is 92.6 Å². The van der Waals surface area contributed by atoms with Crippen molar-refractivity contribution in [2.75, 3.05) is 0 Å². The molecule has 5 heterocycles. The maximum Gasteiger partial charge on any atom is 0.259 e. The van der Waals surface area contributed by atoms with Crippen LogP contribution in [-0.2, 0) is 6.42 Å². The number of nitrogens with zero attached hydrogens (tertiary/aromatic N) is 2. The van der Waals surface area contributed by atoms with Gasteiger partial charge < -0.3 is 9.15 Å². The summed E-state index contributed by atoms with van der Waals surface area (Å²) in [6.07, 6.45) is 1.00. The molecule has 0 bridgehead atoms. The van der Waals surface area contributed by atoms with E-state index in [0.29, 0.717) is 15.7 Å². The SMILES string of the molecule is Cc1cc2c(cc1C)B1c3c(cc(S(C(C)C)(C(C)C)C(C)C)cc3-n3c4ccc(CC(C)(C)C)cc4n4c5c(ccc6oc7ccccc7c65)c1c34)O2. The van der Waals surface area contributed by atoms with Gasteiger partial charge in [0, 0.05) is 11.1 Å². The number of hydrogen-bond acceptors (Lipinski definition) is 2. The number of fused-ring (bicyclic) bond motifs is 14. The third-order valence-corrected chi connectivity index (χ3v) is 18.5. The van der Waals surface area contributed by atoms with E-state index in [2.05, 4.69) is 164 Å². The normalized spacial score (nSPS) is 14.4. The molecule has 10 rings (SSSR count). The highest BCUT2D eigenvalue weighted by Gasteiger charge is 2.46. The second-order valence-corrected chi connectivity index (χ2v) is 23.0. The minimum atomic E-state index is -1.27. The first-order chi connectivity index (χ1) is 25.7. The number of benzene rings is 5. The topological polar surface area (TPSA) is 31.7 Å². The number of rotatable bonds is 5. The second-order valence-electron chi connectivity index (χ2n) is 18.2. The molecule has 0 unspecified atom stereocenters. The Bertz CT molecular complexity index is 2870. The molecule has 0 saturated carbocycles. The van der Waals surface area contributed by atoms with Crippen molar-refractivity contribution in [2.45, 2.75) is 103 Å². The van der Waals surface area contributed by atoms with Crippen LogP contribution in [0.25, 0.3) is 55.2 Å². The summed E-state index contributed by atoms with van der Waals surface area (Å²) in [5.41, 5.74) is 16.1. The van der Waals surface area contributed by atoms with E-state index in [1.54, 1.807) is 0 Å². The smallest absolute Gasteiger partial charge is 0.259 e. The van der Waals surface area contributed by atoms with Gasteiger partial charge in [-0.25, -0.2) is 10.0 Å². The van der Waals surface area contributed by atoms with Crippen molar-refractivity contribution in [3.63, 3.8) is 0 Å². The number of furan rings is 1. The van der Waals surface area contributed by atoms with E-state index in [4.69, 9.17) is 9.15 Å². The lowest BCUT2D eigenvalue weighted by Crippen LogP contribution is -2.58. The molecule has 8 aromatic rings. The molecule has 0 saturated heterocycles. The first kappa shape index (κ1) is 34.0. The summed E-state index contributed by atoms with van der Waals surface area (Å²) in [6, 6.07) is 30.1. The molecule has 5 aromatic carbocycles. The van der Waals surface area contributed by atoms with Crippen LogP contribution in [-0.4, -0.2) is 31.4 Å². The summed E-state index contributed by atoms with van der Waals surface area (Å²) in [5, 5.41) is 5.17. The molecule has 4 nitrogen and oxygen atoms in total. The summed E-state index contributed by atoms with van der Waals surface area (Å²) < 4.78 is 19.0. The minimum Gasteiger partial charge on any atom is -0.458 e. The van der Waals surface area contributed by atoms with Gasteiger partial charge in [0.05, 0.1) is 21.9 Å². The Morgan fingerprint density at radius 3 is 2.15 bits per heavy atom. The van der Waals surface area contributed by atoms with Crippen LogP contribution < -0.4 is 21.1 Å². The van der Waals surface area contributed by atoms with Crippen molar-refractivity contribution in [1.82, 2.24) is 8.97 Å². The molecule has 2 aliphatic rings. The molecule has 0 amide bonds. The lowest BCUT2D eigenvalue weighted by atomic mass is 9.34. The number of hydrogen-bond donors (Lipinski definition) is 0. The van der Waals surface area contributed by atoms with E-state index in [9.17, 15) is 0 Å². The minimum absolute atomic E-state index is 0.0163. The van der Waals surface area contributed by atoms with Crippen molar-refractivity contribution < 1.29 is 9.15 Å². The van der Waals surface area contributed by atoms with Crippen LogP contribution in [0.2, 0.25) is 0 Å². The largest absolute Gasteiger partial charge is 0.458 e. The molecular weight excluding hydrogens is 679 g/mol. The van der Waals surface area contributed by atoms with Gasteiger partial charge in [0.25, 0.3) is 6.71 Å². The van der Waals surface area contributed by atoms with Crippen molar-refractivity contribution in [3.8, 4) is 17.2 Å². The van der Waals surface area contributed by atoms with Gasteiger partial charge in [-0.2, -0.15) is 0 Å². The van der Waals surface area contributed by atoms with Crippen LogP contribution in [0.4, 0.5) is 0 Å². The lowest BCUT2D eigenvalue weighted by molar-refractivity contribution is 0.411. The molecule has 3 aromatic heterocycles. The first-order valence-electron chi connectivity index (χ1n) is 19.9. The summed E-state index contributed by atoms with van der Waals surface area (Å²) in [7, 11) is -1.27. The average Bonchev–Trinajstić information content (AvgIpc) is 3.75. The quantitative estimate of drug-likeness (QED) is 0.165. The van der Waals surface area contributed by atoms with Crippen molar-refractivity contribution in [2.24, 2.45) is 5.41 Å². The number of para-hydroxylation sites is 1. The number of aromatic nitrogens is 2. The zero-order chi connectivity index (χ0) is 37.7. The zero-order valence-corrected chi connectivity index (χ0v) is 34.5. The van der Waals surface area contributed by atoms with Crippen LogP contribution in [0, 0.1) is 19.3 Å². The predicted molar refractivity (Wildman–Crippen MR) is 234 cm³/mol. The fourth-order valence-corrected chi connectivity index (χ4v) is 16.4. The number of aryl methyl sites for hydroxylation is 2. The first-order valence-corrected chi connectivity index (χ1v) is 21.7. The van der Waals surface area contributed by atoms with Crippen molar-refractivity contribution >= 4 is 82.7 Å². The Morgan fingerprint density at radius 2 is 1.43 bits per heavy atom. The third kappa shape index (κ3) is 4.35. The Morgan fingerprint density at radius 1 is 0.704 bits per heavy atom. The monoisotopic (exact) mass is 730 g/mol. The van der Waals surface area contributed by atoms with Gasteiger partial charge in [0.2, 0.25) is 0 Å². The van der Waals surface area contributed by atoms with Gasteiger partial charge in [-0.05, 0) is 133 Å². The van der Waals surface area contributed by atoms with Crippen LogP contribution >= 0.6 is 10.0 Å². The van der Waals surface area contributed by atoms with E-state index in [1.165, 1.54) is 76.6 Å². The van der Waals surface area contributed by atoms with Crippen molar-refractivity contribution in [3.05, 3.63) is 95.6 Å². The molecule has 0 atom stereocenters. The molecule has 6 heteroatoms. The molecule has 0 aliphatic carbocycles. The van der Waals surface area contributed by atoms with Gasteiger partial charge in [-0.15, -0.1) is 0 Å². The highest BCUT2D eigenvalue weighted by Crippen LogP contribution is 2.67. The molecule has 0 spiro atoms. The summed E-state index contributed by atoms with van der Waals surface area (Å²) >= 11 is 0. The summed E-state index contributed by atoms with van der Waals surface area (Å²) in [5.74, 6) is 2.00. The Kier molecular flexibility index (Phi) is 7.08.